The molecule has 3 nitrogen and oxygen atoms in total. The van der Waals surface area contributed by atoms with Crippen LogP contribution in [0.25, 0.3) is 0 Å². The number of carbonyl (C=O) groups is 1. The Kier molecular flexibility index (Phi) is 5.84. The molecule has 1 amide bonds. The number of amides is 1. The van der Waals surface area contributed by atoms with Gasteiger partial charge in [-0.25, -0.2) is 0 Å². The lowest BCUT2D eigenvalue weighted by Gasteiger charge is -2.14. The number of aryl methyl sites for hydroxylation is 1. The highest BCUT2D eigenvalue weighted by Crippen LogP contribution is 2.26. The molecule has 0 aliphatic heterocycles. The molecule has 0 radical (unpaired) electrons. The molecule has 1 N–H and O–H groups in total. The van der Waals surface area contributed by atoms with Crippen LogP contribution in [0.2, 0.25) is 0 Å². The molecule has 0 spiro atoms. The predicted octanol–water partition coefficient (Wildman–Crippen LogP) is 4.72. The quantitative estimate of drug-likeness (QED) is 0.828. The standard InChI is InChI=1S/C18H18F3NO2/c1-2-6-14-11-15(22-17(23)18(19,20)21)9-10-16(14)24-12-13-7-4-3-5-8-13/h3-5,7-11H,2,6,12H2,1H3,(H,22,23). The topological polar surface area (TPSA) is 38.3 Å². The normalized spacial score (nSPS) is 11.2. The maximum absolute atomic E-state index is 12.3. The number of nitrogens with one attached hydrogen (secondary N) is 1. The summed E-state index contributed by atoms with van der Waals surface area (Å²) in [6.45, 7) is 2.33. The molecule has 6 heteroatoms. The summed E-state index contributed by atoms with van der Waals surface area (Å²) in [5.74, 6) is -1.38. The lowest BCUT2D eigenvalue weighted by molar-refractivity contribution is -0.167. The molecule has 24 heavy (non-hydrogen) atoms. The largest absolute Gasteiger partial charge is 0.489 e. The smallest absolute Gasteiger partial charge is 0.471 e. The maximum Gasteiger partial charge on any atom is 0.471 e. The first-order valence-electron chi connectivity index (χ1n) is 7.58. The van der Waals surface area contributed by atoms with Crippen molar-refractivity contribution >= 4 is 11.6 Å². The predicted molar refractivity (Wildman–Crippen MR) is 85.9 cm³/mol. The molecule has 2 aromatic carbocycles. The fourth-order valence-corrected chi connectivity index (χ4v) is 2.20. The fourth-order valence-electron chi connectivity index (χ4n) is 2.20. The van der Waals surface area contributed by atoms with E-state index in [2.05, 4.69) is 0 Å². The Balaban J connectivity index is 2.12. The summed E-state index contributed by atoms with van der Waals surface area (Å²) in [6.07, 6.45) is -3.47. The van der Waals surface area contributed by atoms with Gasteiger partial charge in [0.2, 0.25) is 0 Å². The Labute approximate surface area is 138 Å². The van der Waals surface area contributed by atoms with Crippen LogP contribution < -0.4 is 10.1 Å². The van der Waals surface area contributed by atoms with Crippen LogP contribution in [0.4, 0.5) is 18.9 Å². The zero-order valence-electron chi connectivity index (χ0n) is 13.2. The van der Waals surface area contributed by atoms with Crippen LogP contribution in [0.5, 0.6) is 5.75 Å². The van der Waals surface area contributed by atoms with Crippen molar-refractivity contribution in [2.75, 3.05) is 5.32 Å². The minimum absolute atomic E-state index is 0.104. The molecule has 2 rings (SSSR count). The second-order valence-corrected chi connectivity index (χ2v) is 5.30. The van der Waals surface area contributed by atoms with Gasteiger partial charge >= 0.3 is 12.1 Å². The van der Waals surface area contributed by atoms with E-state index in [9.17, 15) is 18.0 Å². The highest BCUT2D eigenvalue weighted by molar-refractivity contribution is 5.95. The van der Waals surface area contributed by atoms with Crippen LogP contribution in [0.15, 0.2) is 48.5 Å². The highest BCUT2D eigenvalue weighted by Gasteiger charge is 2.38. The van der Waals surface area contributed by atoms with Gasteiger partial charge in [0.25, 0.3) is 0 Å². The van der Waals surface area contributed by atoms with E-state index in [1.807, 2.05) is 42.6 Å². The first kappa shape index (κ1) is 17.8. The minimum atomic E-state index is -4.91. The van der Waals surface area contributed by atoms with E-state index in [1.165, 1.54) is 12.1 Å². The second-order valence-electron chi connectivity index (χ2n) is 5.30. The van der Waals surface area contributed by atoms with Crippen molar-refractivity contribution < 1.29 is 22.7 Å². The Hall–Kier alpha value is -2.50. The van der Waals surface area contributed by atoms with Crippen molar-refractivity contribution in [1.82, 2.24) is 0 Å². The Morgan fingerprint density at radius 3 is 2.46 bits per heavy atom. The van der Waals surface area contributed by atoms with Gasteiger partial charge in [-0.3, -0.25) is 4.79 Å². The van der Waals surface area contributed by atoms with Crippen molar-refractivity contribution in [2.45, 2.75) is 32.5 Å². The van der Waals surface area contributed by atoms with E-state index in [1.54, 1.807) is 6.07 Å². The molecule has 128 valence electrons. The molecule has 0 heterocycles. The van der Waals surface area contributed by atoms with E-state index in [4.69, 9.17) is 4.74 Å². The highest BCUT2D eigenvalue weighted by atomic mass is 19.4. The molecule has 0 unspecified atom stereocenters. The van der Waals surface area contributed by atoms with E-state index >= 15 is 0 Å². The molecule has 0 saturated carbocycles. The number of anilines is 1. The molecule has 0 atom stereocenters. The molecule has 0 aliphatic carbocycles. The second kappa shape index (κ2) is 7.86. The van der Waals surface area contributed by atoms with Crippen LogP contribution in [0.1, 0.15) is 24.5 Å². The van der Waals surface area contributed by atoms with Crippen molar-refractivity contribution in [1.29, 1.82) is 0 Å². The molecule has 2 aromatic rings. The summed E-state index contributed by atoms with van der Waals surface area (Å²) in [4.78, 5) is 11.0. The molecule has 0 aromatic heterocycles. The average Bonchev–Trinajstić information content (AvgIpc) is 2.54. The van der Waals surface area contributed by atoms with Crippen molar-refractivity contribution in [2.24, 2.45) is 0 Å². The zero-order chi connectivity index (χ0) is 17.6. The number of carbonyl (C=O) groups excluding carboxylic acids is 1. The summed E-state index contributed by atoms with van der Waals surface area (Å²) < 4.78 is 42.8. The molecular weight excluding hydrogens is 319 g/mol. The van der Waals surface area contributed by atoms with Crippen LogP contribution >= 0.6 is 0 Å². The Bertz CT molecular complexity index is 684. The number of hydrogen-bond donors (Lipinski definition) is 1. The third-order valence-electron chi connectivity index (χ3n) is 3.33. The molecule has 0 fully saturated rings. The third-order valence-corrected chi connectivity index (χ3v) is 3.33. The SMILES string of the molecule is CCCc1cc(NC(=O)C(F)(F)F)ccc1OCc1ccccc1. The molecule has 0 bridgehead atoms. The van der Waals surface area contributed by atoms with Crippen molar-refractivity contribution in [3.05, 3.63) is 59.7 Å². The summed E-state index contributed by atoms with van der Waals surface area (Å²) in [5.41, 5.74) is 1.86. The number of ether oxygens (including phenoxy) is 1. The van der Waals surface area contributed by atoms with E-state index < -0.39 is 12.1 Å². The van der Waals surface area contributed by atoms with Gasteiger partial charge in [0, 0.05) is 5.69 Å². The number of alkyl halides is 3. The number of halogens is 3. The first-order chi connectivity index (χ1) is 11.4. The summed E-state index contributed by atoms with van der Waals surface area (Å²) >= 11 is 0. The summed E-state index contributed by atoms with van der Waals surface area (Å²) in [6, 6.07) is 14.1. The zero-order valence-corrected chi connectivity index (χ0v) is 13.2. The number of hydrogen-bond acceptors (Lipinski definition) is 2. The first-order valence-corrected chi connectivity index (χ1v) is 7.58. The lowest BCUT2D eigenvalue weighted by atomic mass is 10.1. The number of benzene rings is 2. The average molecular weight is 337 g/mol. The van der Waals surface area contributed by atoms with E-state index in [-0.39, 0.29) is 5.69 Å². The monoisotopic (exact) mass is 337 g/mol. The number of rotatable bonds is 6. The van der Waals surface area contributed by atoms with Crippen LogP contribution in [0, 0.1) is 0 Å². The van der Waals surface area contributed by atoms with Gasteiger partial charge in [-0.2, -0.15) is 13.2 Å². The Morgan fingerprint density at radius 1 is 1.12 bits per heavy atom. The van der Waals surface area contributed by atoms with E-state index in [0.717, 1.165) is 17.5 Å². The van der Waals surface area contributed by atoms with Crippen molar-refractivity contribution in [3.63, 3.8) is 0 Å². The molecular formula is C18H18F3NO2. The Morgan fingerprint density at radius 2 is 1.83 bits per heavy atom. The van der Waals surface area contributed by atoms with Gasteiger partial charge in [-0.05, 0) is 35.7 Å². The summed E-state index contributed by atoms with van der Waals surface area (Å²) in [7, 11) is 0. The maximum atomic E-state index is 12.3. The summed E-state index contributed by atoms with van der Waals surface area (Å²) in [5, 5.41) is 1.86. The van der Waals surface area contributed by atoms with Gasteiger partial charge in [0.05, 0.1) is 0 Å². The molecule has 0 saturated heterocycles. The lowest BCUT2D eigenvalue weighted by Crippen LogP contribution is -2.29. The third kappa shape index (κ3) is 5.01. The van der Waals surface area contributed by atoms with Gasteiger partial charge in [-0.15, -0.1) is 0 Å². The van der Waals surface area contributed by atoms with Crippen LogP contribution in [-0.2, 0) is 17.8 Å². The van der Waals surface area contributed by atoms with Gasteiger partial charge in [0.1, 0.15) is 12.4 Å². The van der Waals surface area contributed by atoms with Gasteiger partial charge < -0.3 is 10.1 Å². The minimum Gasteiger partial charge on any atom is -0.489 e. The van der Waals surface area contributed by atoms with Crippen LogP contribution in [0.3, 0.4) is 0 Å². The van der Waals surface area contributed by atoms with E-state index in [0.29, 0.717) is 18.8 Å². The fraction of sp³-hybridized carbons (Fsp3) is 0.278. The van der Waals surface area contributed by atoms with Crippen LogP contribution in [-0.4, -0.2) is 12.1 Å². The molecule has 0 aliphatic rings. The van der Waals surface area contributed by atoms with Gasteiger partial charge in [0.15, 0.2) is 0 Å². The van der Waals surface area contributed by atoms with Crippen molar-refractivity contribution in [3.8, 4) is 5.75 Å². The van der Waals surface area contributed by atoms with Gasteiger partial charge in [-0.1, -0.05) is 43.7 Å².